The number of carbonyl (C=O) groups is 1. The van der Waals surface area contributed by atoms with Crippen LogP contribution in [0, 0.1) is 5.92 Å². The number of rotatable bonds is 4. The highest BCUT2D eigenvalue weighted by molar-refractivity contribution is 5.90. The number of amides is 1. The number of piperidine rings is 1. The number of hydrogen-bond donors (Lipinski definition) is 2. The third-order valence-corrected chi connectivity index (χ3v) is 3.74. The van der Waals surface area contributed by atoms with E-state index in [2.05, 4.69) is 12.2 Å². The van der Waals surface area contributed by atoms with Gasteiger partial charge in [0.1, 0.15) is 0 Å². The maximum atomic E-state index is 11.8. The lowest BCUT2D eigenvalue weighted by molar-refractivity contribution is -0.905. The molecule has 1 aromatic carbocycles. The van der Waals surface area contributed by atoms with Crippen molar-refractivity contribution in [3.05, 3.63) is 30.3 Å². The van der Waals surface area contributed by atoms with Crippen LogP contribution in [0.15, 0.2) is 30.3 Å². The van der Waals surface area contributed by atoms with Crippen LogP contribution in [-0.4, -0.2) is 25.5 Å². The summed E-state index contributed by atoms with van der Waals surface area (Å²) in [6, 6.07) is 9.68. The molecule has 0 spiro atoms. The first kappa shape index (κ1) is 13.1. The van der Waals surface area contributed by atoms with Gasteiger partial charge in [0.2, 0.25) is 5.91 Å². The van der Waals surface area contributed by atoms with E-state index in [1.165, 1.54) is 25.9 Å². The Hall–Kier alpha value is -1.35. The van der Waals surface area contributed by atoms with Crippen molar-refractivity contribution in [2.45, 2.75) is 26.2 Å². The van der Waals surface area contributed by atoms with Crippen molar-refractivity contribution >= 4 is 11.6 Å². The van der Waals surface area contributed by atoms with Crippen LogP contribution in [0.3, 0.4) is 0 Å². The summed E-state index contributed by atoms with van der Waals surface area (Å²) in [5, 5.41) is 2.94. The van der Waals surface area contributed by atoms with Gasteiger partial charge in [-0.3, -0.25) is 4.79 Å². The van der Waals surface area contributed by atoms with E-state index >= 15 is 0 Å². The van der Waals surface area contributed by atoms with Gasteiger partial charge in [-0.25, -0.2) is 0 Å². The molecule has 0 radical (unpaired) electrons. The van der Waals surface area contributed by atoms with E-state index in [0.29, 0.717) is 6.42 Å². The highest BCUT2D eigenvalue weighted by atomic mass is 16.1. The van der Waals surface area contributed by atoms with Gasteiger partial charge in [0.05, 0.1) is 26.1 Å². The fourth-order valence-electron chi connectivity index (χ4n) is 2.46. The van der Waals surface area contributed by atoms with Crippen LogP contribution < -0.4 is 10.2 Å². The monoisotopic (exact) mass is 247 g/mol. The summed E-state index contributed by atoms with van der Waals surface area (Å²) >= 11 is 0. The zero-order valence-electron chi connectivity index (χ0n) is 11.1. The Balaban J connectivity index is 1.69. The Kier molecular flexibility index (Phi) is 4.76. The summed E-state index contributed by atoms with van der Waals surface area (Å²) in [6.45, 7) is 5.73. The van der Waals surface area contributed by atoms with Crippen LogP contribution in [0.5, 0.6) is 0 Å². The average Bonchev–Trinajstić information content (AvgIpc) is 2.39. The van der Waals surface area contributed by atoms with Crippen molar-refractivity contribution in [1.82, 2.24) is 0 Å². The number of likely N-dealkylation sites (tertiary alicyclic amines) is 1. The molecule has 2 N–H and O–H groups in total. The summed E-state index contributed by atoms with van der Waals surface area (Å²) in [4.78, 5) is 13.4. The van der Waals surface area contributed by atoms with E-state index in [9.17, 15) is 4.79 Å². The van der Waals surface area contributed by atoms with Crippen LogP contribution in [0.2, 0.25) is 0 Å². The predicted molar refractivity (Wildman–Crippen MR) is 73.7 cm³/mol. The second kappa shape index (κ2) is 6.55. The molecule has 1 fully saturated rings. The molecule has 3 heteroatoms. The maximum absolute atomic E-state index is 11.8. The number of nitrogens with one attached hydrogen (secondary N) is 2. The summed E-state index contributed by atoms with van der Waals surface area (Å²) in [6.07, 6.45) is 3.23. The number of hydrogen-bond acceptors (Lipinski definition) is 1. The third kappa shape index (κ3) is 4.15. The minimum atomic E-state index is 0.132. The molecule has 0 unspecified atom stereocenters. The minimum absolute atomic E-state index is 0.132. The standard InChI is InChI=1S/C15H22N2O/c1-13-7-10-17(11-8-13)12-9-15(18)16-14-5-3-2-4-6-14/h2-6,13H,7-12H2,1H3,(H,16,18)/p+1. The molecule has 1 amide bonds. The predicted octanol–water partition coefficient (Wildman–Crippen LogP) is 1.33. The lowest BCUT2D eigenvalue weighted by Crippen LogP contribution is -3.13. The topological polar surface area (TPSA) is 33.5 Å². The molecule has 1 saturated heterocycles. The van der Waals surface area contributed by atoms with Crippen molar-refractivity contribution in [3.63, 3.8) is 0 Å². The zero-order chi connectivity index (χ0) is 12.8. The van der Waals surface area contributed by atoms with E-state index in [1.54, 1.807) is 4.90 Å². The molecule has 1 aliphatic rings. The molecule has 1 heterocycles. The average molecular weight is 247 g/mol. The molecule has 0 bridgehead atoms. The summed E-state index contributed by atoms with van der Waals surface area (Å²) in [7, 11) is 0. The van der Waals surface area contributed by atoms with Gasteiger partial charge in [0.25, 0.3) is 0 Å². The lowest BCUT2D eigenvalue weighted by Gasteiger charge is -2.27. The number of para-hydroxylation sites is 1. The Morgan fingerprint density at radius 3 is 2.61 bits per heavy atom. The first-order valence-electron chi connectivity index (χ1n) is 6.92. The molecular weight excluding hydrogens is 224 g/mol. The number of anilines is 1. The highest BCUT2D eigenvalue weighted by Gasteiger charge is 2.19. The normalized spacial score (nSPS) is 23.6. The zero-order valence-corrected chi connectivity index (χ0v) is 11.1. The van der Waals surface area contributed by atoms with Crippen molar-refractivity contribution in [2.75, 3.05) is 25.0 Å². The second-order valence-corrected chi connectivity index (χ2v) is 5.35. The van der Waals surface area contributed by atoms with Gasteiger partial charge in [0, 0.05) is 5.69 Å². The molecule has 2 rings (SSSR count). The smallest absolute Gasteiger partial charge is 0.230 e. The number of benzene rings is 1. The lowest BCUT2D eigenvalue weighted by atomic mass is 9.99. The van der Waals surface area contributed by atoms with Crippen molar-refractivity contribution in [2.24, 2.45) is 5.92 Å². The fourth-order valence-corrected chi connectivity index (χ4v) is 2.46. The van der Waals surface area contributed by atoms with Gasteiger partial charge in [-0.15, -0.1) is 0 Å². The van der Waals surface area contributed by atoms with Crippen LogP contribution in [-0.2, 0) is 4.79 Å². The van der Waals surface area contributed by atoms with Gasteiger partial charge in [-0.05, 0) is 30.9 Å². The van der Waals surface area contributed by atoms with Crippen LogP contribution in [0.4, 0.5) is 5.69 Å². The van der Waals surface area contributed by atoms with Crippen LogP contribution in [0.25, 0.3) is 0 Å². The van der Waals surface area contributed by atoms with Gasteiger partial charge in [0.15, 0.2) is 0 Å². The second-order valence-electron chi connectivity index (χ2n) is 5.35. The fraction of sp³-hybridized carbons (Fsp3) is 0.533. The molecule has 0 aromatic heterocycles. The van der Waals surface area contributed by atoms with E-state index in [1.807, 2.05) is 30.3 Å². The summed E-state index contributed by atoms with van der Waals surface area (Å²) in [5.41, 5.74) is 0.893. The third-order valence-electron chi connectivity index (χ3n) is 3.74. The molecule has 1 aliphatic heterocycles. The Bertz CT molecular complexity index is 369. The van der Waals surface area contributed by atoms with E-state index in [4.69, 9.17) is 0 Å². The SMILES string of the molecule is CC1CC[NH+](CCC(=O)Nc2ccccc2)CC1. The molecule has 0 atom stereocenters. The van der Waals surface area contributed by atoms with Gasteiger partial charge in [-0.1, -0.05) is 25.1 Å². The van der Waals surface area contributed by atoms with E-state index in [-0.39, 0.29) is 5.91 Å². The minimum Gasteiger partial charge on any atom is -0.334 e. The van der Waals surface area contributed by atoms with Gasteiger partial charge in [-0.2, -0.15) is 0 Å². The Morgan fingerprint density at radius 1 is 1.28 bits per heavy atom. The molecule has 1 aromatic rings. The Labute approximate surface area is 109 Å². The van der Waals surface area contributed by atoms with Crippen LogP contribution >= 0.6 is 0 Å². The first-order valence-corrected chi connectivity index (χ1v) is 6.92. The first-order chi connectivity index (χ1) is 8.74. The maximum Gasteiger partial charge on any atom is 0.230 e. The molecule has 98 valence electrons. The summed E-state index contributed by atoms with van der Waals surface area (Å²) in [5.74, 6) is 0.999. The van der Waals surface area contributed by atoms with Crippen LogP contribution in [0.1, 0.15) is 26.2 Å². The number of quaternary nitrogens is 1. The Morgan fingerprint density at radius 2 is 1.94 bits per heavy atom. The quantitative estimate of drug-likeness (QED) is 0.827. The van der Waals surface area contributed by atoms with Gasteiger partial charge >= 0.3 is 0 Å². The largest absolute Gasteiger partial charge is 0.334 e. The van der Waals surface area contributed by atoms with Crippen molar-refractivity contribution in [3.8, 4) is 0 Å². The molecule has 0 saturated carbocycles. The molecule has 3 nitrogen and oxygen atoms in total. The highest BCUT2D eigenvalue weighted by Crippen LogP contribution is 2.07. The number of carbonyl (C=O) groups excluding carboxylic acids is 1. The summed E-state index contributed by atoms with van der Waals surface area (Å²) < 4.78 is 0. The molecular formula is C15H23N2O+. The van der Waals surface area contributed by atoms with Crippen molar-refractivity contribution < 1.29 is 9.69 Å². The van der Waals surface area contributed by atoms with E-state index in [0.717, 1.165) is 18.2 Å². The molecule has 0 aliphatic carbocycles. The van der Waals surface area contributed by atoms with Gasteiger partial charge < -0.3 is 10.2 Å². The van der Waals surface area contributed by atoms with Crippen molar-refractivity contribution in [1.29, 1.82) is 0 Å². The molecule has 18 heavy (non-hydrogen) atoms. The van der Waals surface area contributed by atoms with E-state index < -0.39 is 0 Å².